The van der Waals surface area contributed by atoms with Crippen LogP contribution in [0, 0.1) is 5.92 Å². The number of anilines is 1. The van der Waals surface area contributed by atoms with Gasteiger partial charge in [0, 0.05) is 50.1 Å². The van der Waals surface area contributed by atoms with Crippen LogP contribution >= 0.6 is 0 Å². The highest BCUT2D eigenvalue weighted by Crippen LogP contribution is 2.24. The van der Waals surface area contributed by atoms with Crippen molar-refractivity contribution >= 4 is 17.6 Å². The van der Waals surface area contributed by atoms with E-state index in [1.54, 1.807) is 11.1 Å². The predicted molar refractivity (Wildman–Crippen MR) is 109 cm³/mol. The molecule has 7 nitrogen and oxygen atoms in total. The van der Waals surface area contributed by atoms with Crippen molar-refractivity contribution in [1.29, 1.82) is 0 Å². The van der Waals surface area contributed by atoms with Crippen LogP contribution in [-0.2, 0) is 17.9 Å². The quantitative estimate of drug-likeness (QED) is 0.864. The summed E-state index contributed by atoms with van der Waals surface area (Å²) >= 11 is 0. The SMILES string of the molecule is CC(C)C(=O)N1CCC(Oc2ccc(NC(=O)N3Cc4ccncc4C3)cc2)C1. The fourth-order valence-corrected chi connectivity index (χ4v) is 3.76. The van der Waals surface area contributed by atoms with E-state index in [1.807, 2.05) is 55.3 Å². The van der Waals surface area contributed by atoms with Crippen LogP contribution in [0.25, 0.3) is 0 Å². The molecular formula is C22H26N4O3. The lowest BCUT2D eigenvalue weighted by atomic mass is 10.2. The normalized spacial score (nSPS) is 18.1. The highest BCUT2D eigenvalue weighted by Gasteiger charge is 2.29. The summed E-state index contributed by atoms with van der Waals surface area (Å²) in [5.74, 6) is 0.928. The zero-order valence-corrected chi connectivity index (χ0v) is 16.8. The molecule has 152 valence electrons. The Hall–Kier alpha value is -3.09. The summed E-state index contributed by atoms with van der Waals surface area (Å²) in [6.45, 7) is 6.37. The molecule has 29 heavy (non-hydrogen) atoms. The topological polar surface area (TPSA) is 74.8 Å². The molecule has 0 spiro atoms. The Balaban J connectivity index is 1.29. The summed E-state index contributed by atoms with van der Waals surface area (Å²) in [6.07, 6.45) is 4.41. The van der Waals surface area contributed by atoms with Crippen LogP contribution in [0.3, 0.4) is 0 Å². The van der Waals surface area contributed by atoms with E-state index >= 15 is 0 Å². The number of pyridine rings is 1. The third-order valence-corrected chi connectivity index (χ3v) is 5.37. The highest BCUT2D eigenvalue weighted by atomic mass is 16.5. The Labute approximate surface area is 170 Å². The van der Waals surface area contributed by atoms with E-state index in [0.29, 0.717) is 19.6 Å². The summed E-state index contributed by atoms with van der Waals surface area (Å²) in [6, 6.07) is 9.20. The summed E-state index contributed by atoms with van der Waals surface area (Å²) in [4.78, 5) is 32.4. The minimum Gasteiger partial charge on any atom is -0.489 e. The summed E-state index contributed by atoms with van der Waals surface area (Å²) < 4.78 is 6.01. The lowest BCUT2D eigenvalue weighted by Gasteiger charge is -2.19. The molecule has 3 amide bonds. The number of hydrogen-bond acceptors (Lipinski definition) is 4. The molecule has 1 N–H and O–H groups in total. The maximum absolute atomic E-state index is 12.5. The number of benzene rings is 1. The Morgan fingerprint density at radius 3 is 2.59 bits per heavy atom. The van der Waals surface area contributed by atoms with Crippen LogP contribution in [0.15, 0.2) is 42.7 Å². The molecule has 1 unspecified atom stereocenters. The van der Waals surface area contributed by atoms with Gasteiger partial charge < -0.3 is 19.9 Å². The monoisotopic (exact) mass is 394 g/mol. The van der Waals surface area contributed by atoms with E-state index in [2.05, 4.69) is 10.3 Å². The van der Waals surface area contributed by atoms with Crippen LogP contribution in [-0.4, -0.2) is 45.9 Å². The number of rotatable bonds is 4. The molecule has 0 radical (unpaired) electrons. The fourth-order valence-electron chi connectivity index (χ4n) is 3.76. The fraction of sp³-hybridized carbons (Fsp3) is 0.409. The van der Waals surface area contributed by atoms with Gasteiger partial charge in [-0.3, -0.25) is 9.78 Å². The Bertz CT molecular complexity index is 872. The standard InChI is InChI=1S/C22H26N4O3/c1-15(2)21(27)25-10-8-20(14-25)29-19-5-3-18(4-6-19)24-22(28)26-12-16-7-9-23-11-17(16)13-26/h3-7,9,11,15,20H,8,10,12-14H2,1-2H3,(H,24,28). The third kappa shape index (κ3) is 4.34. The minimum atomic E-state index is -0.131. The molecule has 0 aliphatic carbocycles. The van der Waals surface area contributed by atoms with Gasteiger partial charge in [-0.05, 0) is 41.5 Å². The maximum atomic E-state index is 12.5. The summed E-state index contributed by atoms with van der Waals surface area (Å²) in [5.41, 5.74) is 2.95. The molecule has 1 aromatic carbocycles. The molecule has 2 aliphatic rings. The maximum Gasteiger partial charge on any atom is 0.322 e. The number of nitrogens with one attached hydrogen (secondary N) is 1. The van der Waals surface area contributed by atoms with Crippen molar-refractivity contribution in [3.63, 3.8) is 0 Å². The largest absolute Gasteiger partial charge is 0.489 e. The molecule has 1 atom stereocenters. The number of aromatic nitrogens is 1. The van der Waals surface area contributed by atoms with Gasteiger partial charge >= 0.3 is 6.03 Å². The summed E-state index contributed by atoms with van der Waals surface area (Å²) in [7, 11) is 0. The third-order valence-electron chi connectivity index (χ3n) is 5.37. The number of ether oxygens (including phenoxy) is 1. The van der Waals surface area contributed by atoms with Crippen LogP contribution < -0.4 is 10.1 Å². The average molecular weight is 394 g/mol. The summed E-state index contributed by atoms with van der Waals surface area (Å²) in [5, 5.41) is 2.93. The number of hydrogen-bond donors (Lipinski definition) is 1. The molecule has 1 fully saturated rings. The molecule has 0 saturated carbocycles. The van der Waals surface area contributed by atoms with Crippen molar-refractivity contribution in [1.82, 2.24) is 14.8 Å². The van der Waals surface area contributed by atoms with Gasteiger partial charge in [0.25, 0.3) is 0 Å². The zero-order chi connectivity index (χ0) is 20.4. The van der Waals surface area contributed by atoms with Crippen molar-refractivity contribution in [3.8, 4) is 5.75 Å². The Morgan fingerprint density at radius 2 is 1.86 bits per heavy atom. The van der Waals surface area contributed by atoms with E-state index in [1.165, 1.54) is 0 Å². The van der Waals surface area contributed by atoms with Gasteiger partial charge in [0.05, 0.1) is 6.54 Å². The molecule has 1 saturated heterocycles. The van der Waals surface area contributed by atoms with Gasteiger partial charge in [-0.25, -0.2) is 4.79 Å². The van der Waals surface area contributed by atoms with Crippen LogP contribution in [0.4, 0.5) is 10.5 Å². The van der Waals surface area contributed by atoms with Gasteiger partial charge in [-0.2, -0.15) is 0 Å². The van der Waals surface area contributed by atoms with E-state index < -0.39 is 0 Å². The van der Waals surface area contributed by atoms with Crippen LogP contribution in [0.2, 0.25) is 0 Å². The van der Waals surface area contributed by atoms with Crippen molar-refractivity contribution in [2.75, 3.05) is 18.4 Å². The number of likely N-dealkylation sites (tertiary alicyclic amines) is 1. The Kier molecular flexibility index (Phi) is 5.38. The predicted octanol–water partition coefficient (Wildman–Crippen LogP) is 3.27. The van der Waals surface area contributed by atoms with E-state index in [9.17, 15) is 9.59 Å². The van der Waals surface area contributed by atoms with Crippen molar-refractivity contribution < 1.29 is 14.3 Å². The second kappa shape index (κ2) is 8.11. The van der Waals surface area contributed by atoms with Crippen molar-refractivity contribution in [2.24, 2.45) is 5.92 Å². The molecular weight excluding hydrogens is 368 g/mol. The number of amides is 3. The first-order valence-corrected chi connectivity index (χ1v) is 10.0. The van der Waals surface area contributed by atoms with Gasteiger partial charge in [0.2, 0.25) is 5.91 Å². The number of nitrogens with zero attached hydrogens (tertiary/aromatic N) is 3. The molecule has 2 aliphatic heterocycles. The van der Waals surface area contributed by atoms with E-state index in [0.717, 1.165) is 35.5 Å². The number of fused-ring (bicyclic) bond motifs is 1. The van der Waals surface area contributed by atoms with Crippen molar-refractivity contribution in [3.05, 3.63) is 53.9 Å². The molecule has 4 rings (SSSR count). The smallest absolute Gasteiger partial charge is 0.322 e. The van der Waals surface area contributed by atoms with Gasteiger partial charge in [0.1, 0.15) is 11.9 Å². The van der Waals surface area contributed by atoms with Crippen LogP contribution in [0.1, 0.15) is 31.4 Å². The van der Waals surface area contributed by atoms with Gasteiger partial charge in [-0.1, -0.05) is 13.8 Å². The number of urea groups is 1. The van der Waals surface area contributed by atoms with Crippen molar-refractivity contribution in [2.45, 2.75) is 39.5 Å². The molecule has 0 bridgehead atoms. The number of carbonyl (C=O) groups is 2. The van der Waals surface area contributed by atoms with E-state index in [4.69, 9.17) is 4.74 Å². The molecule has 7 heteroatoms. The zero-order valence-electron chi connectivity index (χ0n) is 16.8. The lowest BCUT2D eigenvalue weighted by Crippen LogP contribution is -2.33. The highest BCUT2D eigenvalue weighted by molar-refractivity contribution is 5.89. The lowest BCUT2D eigenvalue weighted by molar-refractivity contribution is -0.133. The molecule has 2 aromatic rings. The Morgan fingerprint density at radius 1 is 1.10 bits per heavy atom. The van der Waals surface area contributed by atoms with Gasteiger partial charge in [-0.15, -0.1) is 0 Å². The van der Waals surface area contributed by atoms with Crippen LogP contribution in [0.5, 0.6) is 5.75 Å². The molecule has 1 aromatic heterocycles. The first-order chi connectivity index (χ1) is 14.0. The first kappa shape index (κ1) is 19.2. The average Bonchev–Trinajstić information content (AvgIpc) is 3.35. The second-order valence-corrected chi connectivity index (χ2v) is 7.92. The van der Waals surface area contributed by atoms with Gasteiger partial charge in [0.15, 0.2) is 0 Å². The van der Waals surface area contributed by atoms with E-state index in [-0.39, 0.29) is 24.0 Å². The second-order valence-electron chi connectivity index (χ2n) is 7.92. The number of carbonyl (C=O) groups excluding carboxylic acids is 2. The minimum absolute atomic E-state index is 0.00912. The molecule has 3 heterocycles. The first-order valence-electron chi connectivity index (χ1n) is 10.0.